The molecule has 1 aliphatic rings. The lowest BCUT2D eigenvalue weighted by Crippen LogP contribution is -2.25. The minimum atomic E-state index is -0.484. The first kappa shape index (κ1) is 23.7. The molecular formula is C26H20N6O5S. The van der Waals surface area contributed by atoms with Crippen molar-refractivity contribution in [3.05, 3.63) is 76.8 Å². The average molecular weight is 529 g/mol. The second kappa shape index (κ2) is 9.63. The second-order valence-electron chi connectivity index (χ2n) is 8.46. The molecule has 5 aromatic rings. The van der Waals surface area contributed by atoms with Gasteiger partial charge in [0.15, 0.2) is 28.1 Å². The van der Waals surface area contributed by atoms with E-state index in [9.17, 15) is 14.9 Å². The molecule has 0 saturated carbocycles. The molecule has 0 saturated heterocycles. The molecule has 6 rings (SSSR count). The standard InChI is InChI=1S/C26H20N6O5S/c1-2-22(25(33)27-16-10-11-20-21(13-16)37-14-36-20)38-26-28-19-9-4-3-8-18(19)24-29-23(30-31(24)26)15-6-5-7-17(12-15)32(34)35/h3-13,22H,2,14H2,1H3,(H,27,33). The van der Waals surface area contributed by atoms with Gasteiger partial charge in [0.05, 0.1) is 15.7 Å². The predicted molar refractivity (Wildman–Crippen MR) is 142 cm³/mol. The first-order valence-corrected chi connectivity index (χ1v) is 12.7. The fourth-order valence-corrected chi connectivity index (χ4v) is 5.10. The Morgan fingerprint density at radius 2 is 1.95 bits per heavy atom. The van der Waals surface area contributed by atoms with E-state index in [1.165, 1.54) is 23.9 Å². The van der Waals surface area contributed by atoms with Crippen LogP contribution in [0.25, 0.3) is 27.9 Å². The Hall–Kier alpha value is -4.71. The lowest BCUT2D eigenvalue weighted by atomic mass is 10.2. The van der Waals surface area contributed by atoms with Gasteiger partial charge >= 0.3 is 0 Å². The first-order valence-electron chi connectivity index (χ1n) is 11.8. The summed E-state index contributed by atoms with van der Waals surface area (Å²) >= 11 is 1.28. The molecule has 38 heavy (non-hydrogen) atoms. The number of amides is 1. The zero-order valence-electron chi connectivity index (χ0n) is 20.0. The van der Waals surface area contributed by atoms with Crippen LogP contribution in [0.1, 0.15) is 13.3 Å². The number of para-hydroxylation sites is 1. The molecule has 11 nitrogen and oxygen atoms in total. The van der Waals surface area contributed by atoms with Crippen LogP contribution in [0.15, 0.2) is 71.9 Å². The van der Waals surface area contributed by atoms with E-state index in [1.54, 1.807) is 34.8 Å². The molecule has 12 heteroatoms. The Morgan fingerprint density at radius 1 is 1.11 bits per heavy atom. The minimum Gasteiger partial charge on any atom is -0.454 e. The van der Waals surface area contributed by atoms with Crippen molar-refractivity contribution in [2.75, 3.05) is 12.1 Å². The maximum absolute atomic E-state index is 13.2. The van der Waals surface area contributed by atoms with Gasteiger partial charge < -0.3 is 14.8 Å². The van der Waals surface area contributed by atoms with Crippen LogP contribution in [0.3, 0.4) is 0 Å². The third-order valence-electron chi connectivity index (χ3n) is 6.02. The summed E-state index contributed by atoms with van der Waals surface area (Å²) in [5.74, 6) is 1.35. The Kier molecular flexibility index (Phi) is 6.00. The van der Waals surface area contributed by atoms with Crippen LogP contribution >= 0.6 is 11.8 Å². The Bertz CT molecular complexity index is 1720. The highest BCUT2D eigenvalue weighted by molar-refractivity contribution is 8.00. The Balaban J connectivity index is 1.36. The number of thioether (sulfide) groups is 1. The highest BCUT2D eigenvalue weighted by atomic mass is 32.2. The van der Waals surface area contributed by atoms with E-state index in [-0.39, 0.29) is 18.4 Å². The number of hydrogen-bond donors (Lipinski definition) is 1. The van der Waals surface area contributed by atoms with Crippen molar-refractivity contribution in [3.63, 3.8) is 0 Å². The zero-order chi connectivity index (χ0) is 26.2. The van der Waals surface area contributed by atoms with Crippen LogP contribution in [0, 0.1) is 10.1 Å². The monoisotopic (exact) mass is 528 g/mol. The van der Waals surface area contributed by atoms with Crippen molar-refractivity contribution in [2.24, 2.45) is 0 Å². The molecule has 3 aromatic carbocycles. The number of benzene rings is 3. The molecule has 0 bridgehead atoms. The smallest absolute Gasteiger partial charge is 0.270 e. The van der Waals surface area contributed by atoms with Crippen LogP contribution in [-0.2, 0) is 4.79 Å². The third-order valence-corrected chi connectivity index (χ3v) is 7.32. The molecule has 3 heterocycles. The van der Waals surface area contributed by atoms with Gasteiger partial charge in [-0.05, 0) is 30.7 Å². The summed E-state index contributed by atoms with van der Waals surface area (Å²) in [6.45, 7) is 2.07. The van der Waals surface area contributed by atoms with Crippen LogP contribution in [0.5, 0.6) is 11.5 Å². The average Bonchev–Trinajstić information content (AvgIpc) is 3.59. The number of aromatic nitrogens is 4. The third kappa shape index (κ3) is 4.34. The summed E-state index contributed by atoms with van der Waals surface area (Å²) in [6.07, 6.45) is 0.531. The van der Waals surface area contributed by atoms with Crippen molar-refractivity contribution < 1.29 is 19.2 Å². The van der Waals surface area contributed by atoms with E-state index in [4.69, 9.17) is 19.4 Å². The van der Waals surface area contributed by atoms with E-state index < -0.39 is 10.2 Å². The number of nitro groups is 1. The fourth-order valence-electron chi connectivity index (χ4n) is 4.13. The summed E-state index contributed by atoms with van der Waals surface area (Å²) < 4.78 is 12.3. The quantitative estimate of drug-likeness (QED) is 0.133. The summed E-state index contributed by atoms with van der Waals surface area (Å²) in [5.41, 5.74) is 2.31. The van der Waals surface area contributed by atoms with E-state index in [2.05, 4.69) is 10.4 Å². The van der Waals surface area contributed by atoms with Gasteiger partial charge in [0.2, 0.25) is 12.7 Å². The number of fused-ring (bicyclic) bond motifs is 4. The molecule has 0 spiro atoms. The van der Waals surface area contributed by atoms with Crippen molar-refractivity contribution >= 4 is 45.6 Å². The number of carbonyl (C=O) groups excluding carboxylic acids is 1. The van der Waals surface area contributed by atoms with Gasteiger partial charge in [0, 0.05) is 34.8 Å². The normalized spacial score (nSPS) is 13.1. The maximum atomic E-state index is 13.2. The zero-order valence-corrected chi connectivity index (χ0v) is 20.8. The predicted octanol–water partition coefficient (Wildman–Crippen LogP) is 5.09. The van der Waals surface area contributed by atoms with Crippen LogP contribution in [0.2, 0.25) is 0 Å². The molecule has 190 valence electrons. The van der Waals surface area contributed by atoms with Gasteiger partial charge in [-0.25, -0.2) is 9.97 Å². The number of non-ortho nitro benzene ring substituents is 1. The first-order chi connectivity index (χ1) is 18.5. The van der Waals surface area contributed by atoms with Crippen LogP contribution in [-0.4, -0.2) is 42.5 Å². The number of hydrogen-bond acceptors (Lipinski definition) is 9. The summed E-state index contributed by atoms with van der Waals surface area (Å²) in [6, 6.07) is 18.9. The summed E-state index contributed by atoms with van der Waals surface area (Å²) in [4.78, 5) is 33.5. The Morgan fingerprint density at radius 3 is 2.79 bits per heavy atom. The summed E-state index contributed by atoms with van der Waals surface area (Å²) in [7, 11) is 0. The van der Waals surface area contributed by atoms with Crippen molar-refractivity contribution in [1.29, 1.82) is 0 Å². The van der Waals surface area contributed by atoms with E-state index in [1.807, 2.05) is 31.2 Å². The highest BCUT2D eigenvalue weighted by Crippen LogP contribution is 2.35. The van der Waals surface area contributed by atoms with Gasteiger partial charge in [-0.1, -0.05) is 43.0 Å². The van der Waals surface area contributed by atoms with Gasteiger partial charge in [0.25, 0.3) is 5.69 Å². The number of anilines is 1. The van der Waals surface area contributed by atoms with Gasteiger partial charge in [-0.15, -0.1) is 5.10 Å². The molecule has 1 amide bonds. The number of nitrogens with one attached hydrogen (secondary N) is 1. The topological polar surface area (TPSA) is 134 Å². The van der Waals surface area contributed by atoms with Crippen molar-refractivity contribution in [3.8, 4) is 22.9 Å². The molecule has 0 aliphatic carbocycles. The van der Waals surface area contributed by atoms with Gasteiger partial charge in [-0.3, -0.25) is 14.9 Å². The van der Waals surface area contributed by atoms with E-state index >= 15 is 0 Å². The number of ether oxygens (including phenoxy) is 2. The fraction of sp³-hybridized carbons (Fsp3) is 0.154. The lowest BCUT2D eigenvalue weighted by Gasteiger charge is -2.15. The minimum absolute atomic E-state index is 0.0508. The molecule has 1 aliphatic heterocycles. The number of rotatable bonds is 7. The molecular weight excluding hydrogens is 508 g/mol. The second-order valence-corrected chi connectivity index (χ2v) is 9.63. The number of nitro benzene ring substituents is 1. The number of carbonyl (C=O) groups is 1. The lowest BCUT2D eigenvalue weighted by molar-refractivity contribution is -0.384. The summed E-state index contributed by atoms with van der Waals surface area (Å²) in [5, 5.41) is 19.6. The van der Waals surface area contributed by atoms with Crippen molar-refractivity contribution in [2.45, 2.75) is 23.8 Å². The van der Waals surface area contributed by atoms with Crippen LogP contribution in [0.4, 0.5) is 11.4 Å². The van der Waals surface area contributed by atoms with Gasteiger partial charge in [-0.2, -0.15) is 4.52 Å². The molecule has 1 atom stereocenters. The SMILES string of the molecule is CCC(Sc1nc2ccccc2c2nc(-c3cccc([N+](=O)[O-])c3)nn12)C(=O)Nc1ccc2c(c1)OCO2. The molecule has 2 aromatic heterocycles. The highest BCUT2D eigenvalue weighted by Gasteiger charge is 2.24. The van der Waals surface area contributed by atoms with Gasteiger partial charge in [0.1, 0.15) is 0 Å². The van der Waals surface area contributed by atoms with Crippen LogP contribution < -0.4 is 14.8 Å². The molecule has 1 unspecified atom stereocenters. The van der Waals surface area contributed by atoms with E-state index in [0.717, 1.165) is 5.39 Å². The molecule has 0 radical (unpaired) electrons. The molecule has 0 fully saturated rings. The maximum Gasteiger partial charge on any atom is 0.270 e. The van der Waals surface area contributed by atoms with E-state index in [0.29, 0.717) is 51.3 Å². The molecule has 1 N–H and O–H groups in total. The Labute approximate surface area is 220 Å². The largest absolute Gasteiger partial charge is 0.454 e. The van der Waals surface area contributed by atoms with Crippen molar-refractivity contribution in [1.82, 2.24) is 19.6 Å². The number of nitrogens with zero attached hydrogens (tertiary/aromatic N) is 5.